The van der Waals surface area contributed by atoms with E-state index in [1.807, 2.05) is 19.1 Å². The number of rotatable bonds is 8. The maximum Gasteiger partial charge on any atom is 0.326 e. The van der Waals surface area contributed by atoms with Crippen LogP contribution >= 0.6 is 0 Å². The van der Waals surface area contributed by atoms with Crippen LogP contribution in [0.15, 0.2) is 24.3 Å². The molecule has 0 aliphatic carbocycles. The average molecular weight is 392 g/mol. The maximum atomic E-state index is 13.0. The van der Waals surface area contributed by atoms with E-state index in [9.17, 15) is 14.4 Å². The summed E-state index contributed by atoms with van der Waals surface area (Å²) in [5.41, 5.74) is 0.968. The third kappa shape index (κ3) is 7.68. The monoisotopic (exact) mass is 392 g/mol. The van der Waals surface area contributed by atoms with Gasteiger partial charge in [0.2, 0.25) is 5.91 Å². The number of nitrogens with zero attached hydrogens (tertiary/aromatic N) is 1. The van der Waals surface area contributed by atoms with Crippen molar-refractivity contribution in [3.05, 3.63) is 29.8 Å². The lowest BCUT2D eigenvalue weighted by molar-refractivity contribution is -0.154. The van der Waals surface area contributed by atoms with E-state index in [1.165, 1.54) is 4.90 Å². The van der Waals surface area contributed by atoms with Crippen LogP contribution in [0.5, 0.6) is 0 Å². The van der Waals surface area contributed by atoms with Gasteiger partial charge in [-0.25, -0.2) is 0 Å². The predicted molar refractivity (Wildman–Crippen MR) is 108 cm³/mol. The number of anilines is 1. The quantitative estimate of drug-likeness (QED) is 0.685. The van der Waals surface area contributed by atoms with Crippen molar-refractivity contribution in [3.63, 3.8) is 0 Å². The Morgan fingerprint density at radius 3 is 2.14 bits per heavy atom. The minimum absolute atomic E-state index is 0.223. The summed E-state index contributed by atoms with van der Waals surface area (Å²) >= 11 is 0. The van der Waals surface area contributed by atoms with E-state index in [1.54, 1.807) is 53.7 Å². The molecule has 2 atom stereocenters. The molecule has 7 nitrogen and oxygen atoms in total. The third-order valence-electron chi connectivity index (χ3n) is 3.83. The number of carbonyl (C=O) groups excluding carboxylic acids is 3. The highest BCUT2D eigenvalue weighted by Crippen LogP contribution is 2.18. The number of amides is 1. The van der Waals surface area contributed by atoms with Crippen molar-refractivity contribution in [2.45, 2.75) is 66.2 Å². The van der Waals surface area contributed by atoms with Crippen LogP contribution in [0.1, 0.15) is 47.1 Å². The van der Waals surface area contributed by atoms with Crippen molar-refractivity contribution in [3.8, 4) is 0 Å². The molecular weight excluding hydrogens is 360 g/mol. The number of ether oxygens (including phenoxy) is 2. The molecule has 0 saturated carbocycles. The fourth-order valence-electron chi connectivity index (χ4n) is 2.54. The molecule has 1 N–H and O–H groups in total. The average Bonchev–Trinajstić information content (AvgIpc) is 2.58. The van der Waals surface area contributed by atoms with Crippen LogP contribution in [-0.4, -0.2) is 48.7 Å². The molecule has 0 heterocycles. The van der Waals surface area contributed by atoms with Crippen LogP contribution in [0.3, 0.4) is 0 Å². The fraction of sp³-hybridized carbons (Fsp3) is 0.571. The van der Waals surface area contributed by atoms with Gasteiger partial charge in [-0.3, -0.25) is 24.6 Å². The SMILES string of the molecule is CCOC(=O)C(C)N[C@@H](C)C(=O)N(CC(=O)OC(C)(C)C)c1ccc(C)cc1. The smallest absolute Gasteiger partial charge is 0.326 e. The van der Waals surface area contributed by atoms with Gasteiger partial charge in [-0.15, -0.1) is 0 Å². The molecule has 28 heavy (non-hydrogen) atoms. The predicted octanol–water partition coefficient (Wildman–Crippen LogP) is 2.60. The summed E-state index contributed by atoms with van der Waals surface area (Å²) in [7, 11) is 0. The fourth-order valence-corrected chi connectivity index (χ4v) is 2.54. The lowest BCUT2D eigenvalue weighted by Crippen LogP contribution is -2.51. The Morgan fingerprint density at radius 2 is 1.64 bits per heavy atom. The molecule has 1 unspecified atom stereocenters. The Morgan fingerprint density at radius 1 is 1.07 bits per heavy atom. The number of hydrogen-bond donors (Lipinski definition) is 1. The highest BCUT2D eigenvalue weighted by Gasteiger charge is 2.28. The zero-order valence-electron chi connectivity index (χ0n) is 17.9. The van der Waals surface area contributed by atoms with Gasteiger partial charge in [0.15, 0.2) is 0 Å². The first-order valence-electron chi connectivity index (χ1n) is 9.47. The number of nitrogens with one attached hydrogen (secondary N) is 1. The molecule has 1 amide bonds. The van der Waals surface area contributed by atoms with Gasteiger partial charge in [0, 0.05) is 5.69 Å². The Labute approximate surface area is 167 Å². The Kier molecular flexibility index (Phi) is 8.63. The van der Waals surface area contributed by atoms with Crippen LogP contribution in [0.25, 0.3) is 0 Å². The second-order valence-corrected chi connectivity index (χ2v) is 7.71. The van der Waals surface area contributed by atoms with Crippen molar-refractivity contribution in [2.75, 3.05) is 18.1 Å². The molecule has 0 radical (unpaired) electrons. The molecule has 0 aromatic heterocycles. The molecule has 7 heteroatoms. The highest BCUT2D eigenvalue weighted by atomic mass is 16.6. The van der Waals surface area contributed by atoms with Crippen molar-refractivity contribution < 1.29 is 23.9 Å². The first-order valence-corrected chi connectivity index (χ1v) is 9.47. The molecule has 156 valence electrons. The molecule has 0 spiro atoms. The molecule has 1 aromatic rings. The molecule has 0 saturated heterocycles. The van der Waals surface area contributed by atoms with E-state index in [0.29, 0.717) is 5.69 Å². The summed E-state index contributed by atoms with van der Waals surface area (Å²) in [6.07, 6.45) is 0. The van der Waals surface area contributed by atoms with Crippen molar-refractivity contribution in [2.24, 2.45) is 0 Å². The van der Waals surface area contributed by atoms with E-state index in [-0.39, 0.29) is 19.1 Å². The van der Waals surface area contributed by atoms with E-state index in [4.69, 9.17) is 9.47 Å². The van der Waals surface area contributed by atoms with Gasteiger partial charge in [0.25, 0.3) is 0 Å². The minimum atomic E-state index is -0.705. The molecule has 1 rings (SSSR count). The summed E-state index contributed by atoms with van der Waals surface area (Å²) in [5, 5.41) is 2.93. The molecule has 0 aliphatic heterocycles. The topological polar surface area (TPSA) is 84.9 Å². The number of carbonyl (C=O) groups is 3. The lowest BCUT2D eigenvalue weighted by atomic mass is 10.1. The van der Waals surface area contributed by atoms with Crippen LogP contribution in [0.2, 0.25) is 0 Å². The third-order valence-corrected chi connectivity index (χ3v) is 3.83. The van der Waals surface area contributed by atoms with E-state index in [0.717, 1.165) is 5.56 Å². The molecular formula is C21H32N2O5. The van der Waals surface area contributed by atoms with E-state index >= 15 is 0 Å². The molecule has 0 fully saturated rings. The number of esters is 2. The van der Waals surface area contributed by atoms with Crippen molar-refractivity contribution in [1.82, 2.24) is 5.32 Å². The van der Waals surface area contributed by atoms with Crippen LogP contribution < -0.4 is 10.2 Å². The van der Waals surface area contributed by atoms with Crippen molar-refractivity contribution in [1.29, 1.82) is 0 Å². The summed E-state index contributed by atoms with van der Waals surface area (Å²) < 4.78 is 10.3. The van der Waals surface area contributed by atoms with Crippen LogP contribution in [-0.2, 0) is 23.9 Å². The van der Waals surface area contributed by atoms with Crippen LogP contribution in [0, 0.1) is 6.92 Å². The van der Waals surface area contributed by atoms with Gasteiger partial charge < -0.3 is 9.47 Å². The summed E-state index contributed by atoms with van der Waals surface area (Å²) in [4.78, 5) is 38.6. The summed E-state index contributed by atoms with van der Waals surface area (Å²) in [6, 6.07) is 5.93. The number of benzene rings is 1. The van der Waals surface area contributed by atoms with Gasteiger partial charge in [0.1, 0.15) is 18.2 Å². The molecule has 0 aliphatic rings. The normalized spacial score (nSPS) is 13.4. The van der Waals surface area contributed by atoms with Gasteiger partial charge in [-0.2, -0.15) is 0 Å². The molecule has 0 bridgehead atoms. The second kappa shape index (κ2) is 10.2. The minimum Gasteiger partial charge on any atom is -0.465 e. The largest absolute Gasteiger partial charge is 0.465 e. The Bertz CT molecular complexity index is 679. The highest BCUT2D eigenvalue weighted by molar-refractivity contribution is 6.00. The lowest BCUT2D eigenvalue weighted by Gasteiger charge is -2.28. The first-order chi connectivity index (χ1) is 12.9. The summed E-state index contributed by atoms with van der Waals surface area (Å²) in [6.45, 7) is 12.3. The first kappa shape index (κ1) is 23.6. The van der Waals surface area contributed by atoms with Gasteiger partial charge in [-0.1, -0.05) is 17.7 Å². The van der Waals surface area contributed by atoms with Crippen molar-refractivity contribution >= 4 is 23.5 Å². The van der Waals surface area contributed by atoms with Gasteiger partial charge in [0.05, 0.1) is 12.6 Å². The summed E-state index contributed by atoms with van der Waals surface area (Å²) in [5.74, 6) is -1.28. The maximum absolute atomic E-state index is 13.0. The number of aryl methyl sites for hydroxylation is 1. The number of hydrogen-bond acceptors (Lipinski definition) is 6. The zero-order valence-corrected chi connectivity index (χ0v) is 17.9. The van der Waals surface area contributed by atoms with E-state index < -0.39 is 29.6 Å². The second-order valence-electron chi connectivity index (χ2n) is 7.71. The van der Waals surface area contributed by atoms with E-state index in [2.05, 4.69) is 5.32 Å². The van der Waals surface area contributed by atoms with Crippen LogP contribution in [0.4, 0.5) is 5.69 Å². The Hall–Kier alpha value is -2.41. The standard InChI is InChI=1S/C21H32N2O5/c1-8-27-20(26)16(4)22-15(3)19(25)23(13-18(24)28-21(5,6)7)17-11-9-14(2)10-12-17/h9-12,15-16,22H,8,13H2,1-7H3/t15-,16?/m0/s1. The van der Waals surface area contributed by atoms with Gasteiger partial charge >= 0.3 is 11.9 Å². The Balaban J connectivity index is 2.99. The molecule has 1 aromatic carbocycles. The van der Waals surface area contributed by atoms with Gasteiger partial charge in [-0.05, 0) is 60.6 Å². The zero-order chi connectivity index (χ0) is 21.5.